The molecule has 3 rings (SSSR count). The van der Waals surface area contributed by atoms with Crippen LogP contribution < -0.4 is 19.5 Å². The molecule has 0 saturated heterocycles. The zero-order valence-corrected chi connectivity index (χ0v) is 20.1. The zero-order chi connectivity index (χ0) is 22.4. The normalized spacial score (nSPS) is 11.1. The summed E-state index contributed by atoms with van der Waals surface area (Å²) in [7, 11) is -3.87. The Balaban J connectivity index is 1.98. The van der Waals surface area contributed by atoms with Gasteiger partial charge in [0.05, 0.1) is 34.4 Å². The number of anilines is 2. The van der Waals surface area contributed by atoms with Crippen LogP contribution in [0.3, 0.4) is 0 Å². The Morgan fingerprint density at radius 2 is 1.61 bits per heavy atom. The molecular weight excluding hydrogens is 504 g/mol. The second kappa shape index (κ2) is 10.2. The molecule has 1 heterocycles. The first-order valence-corrected chi connectivity index (χ1v) is 12.6. The number of sulfonamides is 1. The van der Waals surface area contributed by atoms with Crippen LogP contribution >= 0.6 is 27.3 Å². The highest BCUT2D eigenvalue weighted by atomic mass is 79.9. The summed E-state index contributed by atoms with van der Waals surface area (Å²) < 4.78 is 40.4. The molecule has 10 heteroatoms. The minimum atomic E-state index is -3.87. The number of hydrogen-bond acceptors (Lipinski definition) is 6. The third-order valence-electron chi connectivity index (χ3n) is 4.04. The van der Waals surface area contributed by atoms with Gasteiger partial charge >= 0.3 is 0 Å². The fraction of sp³-hybridized carbons (Fsp3) is 0.190. The summed E-state index contributed by atoms with van der Waals surface area (Å²) in [4.78, 5) is 13.2. The van der Waals surface area contributed by atoms with Gasteiger partial charge < -0.3 is 14.8 Å². The van der Waals surface area contributed by atoms with Crippen LogP contribution in [0.5, 0.6) is 11.5 Å². The van der Waals surface area contributed by atoms with Gasteiger partial charge in [0.25, 0.3) is 15.9 Å². The summed E-state index contributed by atoms with van der Waals surface area (Å²) in [6.45, 7) is 4.22. The van der Waals surface area contributed by atoms with Crippen LogP contribution in [0.2, 0.25) is 0 Å². The Kier molecular flexibility index (Phi) is 7.58. The summed E-state index contributed by atoms with van der Waals surface area (Å²) in [6, 6.07) is 12.8. The molecule has 0 bridgehead atoms. The van der Waals surface area contributed by atoms with Crippen molar-refractivity contribution in [1.29, 1.82) is 0 Å². The first kappa shape index (κ1) is 23.1. The first-order valence-electron chi connectivity index (χ1n) is 9.41. The van der Waals surface area contributed by atoms with Crippen LogP contribution in [-0.4, -0.2) is 27.5 Å². The number of benzene rings is 2. The fourth-order valence-electron chi connectivity index (χ4n) is 2.70. The molecule has 0 radical (unpaired) electrons. The summed E-state index contributed by atoms with van der Waals surface area (Å²) >= 11 is 4.61. The second-order valence-corrected chi connectivity index (χ2v) is 9.75. The molecule has 0 fully saturated rings. The smallest absolute Gasteiger partial charge is 0.265 e. The molecule has 0 atom stereocenters. The van der Waals surface area contributed by atoms with Gasteiger partial charge in [-0.3, -0.25) is 9.52 Å². The predicted molar refractivity (Wildman–Crippen MR) is 126 cm³/mol. The van der Waals surface area contributed by atoms with Crippen molar-refractivity contribution in [1.82, 2.24) is 0 Å². The SMILES string of the molecule is CCOc1cc(NS(=O)(=O)c2ccc(Br)cc2)c(OCC)cc1NC(=O)c1cccs1. The van der Waals surface area contributed by atoms with Crippen LogP contribution in [-0.2, 0) is 10.0 Å². The molecule has 2 N–H and O–H groups in total. The van der Waals surface area contributed by atoms with Crippen molar-refractivity contribution in [2.24, 2.45) is 0 Å². The van der Waals surface area contributed by atoms with Gasteiger partial charge in [0.2, 0.25) is 0 Å². The fourth-order valence-corrected chi connectivity index (χ4v) is 4.64. The number of amides is 1. The average molecular weight is 525 g/mol. The van der Waals surface area contributed by atoms with E-state index in [4.69, 9.17) is 9.47 Å². The van der Waals surface area contributed by atoms with Gasteiger partial charge in [-0.1, -0.05) is 22.0 Å². The largest absolute Gasteiger partial charge is 0.492 e. The molecule has 2 aromatic carbocycles. The van der Waals surface area contributed by atoms with Crippen molar-refractivity contribution < 1.29 is 22.7 Å². The third kappa shape index (κ3) is 5.78. The average Bonchev–Trinajstić information content (AvgIpc) is 3.26. The molecule has 1 amide bonds. The van der Waals surface area contributed by atoms with E-state index in [1.54, 1.807) is 44.2 Å². The second-order valence-electron chi connectivity index (χ2n) is 6.20. The Hall–Kier alpha value is -2.56. The highest BCUT2D eigenvalue weighted by molar-refractivity contribution is 9.10. The van der Waals surface area contributed by atoms with Crippen LogP contribution in [0.1, 0.15) is 23.5 Å². The Morgan fingerprint density at radius 1 is 1.00 bits per heavy atom. The molecule has 0 unspecified atom stereocenters. The van der Waals surface area contributed by atoms with E-state index in [0.29, 0.717) is 29.5 Å². The number of halogens is 1. The first-order chi connectivity index (χ1) is 14.8. The summed E-state index contributed by atoms with van der Waals surface area (Å²) in [5.41, 5.74) is 0.595. The molecule has 7 nitrogen and oxygen atoms in total. The van der Waals surface area contributed by atoms with Crippen molar-refractivity contribution in [3.05, 3.63) is 63.3 Å². The van der Waals surface area contributed by atoms with Crippen molar-refractivity contribution in [3.8, 4) is 11.5 Å². The quantitative estimate of drug-likeness (QED) is 0.392. The number of carbonyl (C=O) groups is 1. The van der Waals surface area contributed by atoms with Crippen molar-refractivity contribution in [2.45, 2.75) is 18.7 Å². The van der Waals surface area contributed by atoms with Gasteiger partial charge in [-0.05, 0) is 49.6 Å². The zero-order valence-electron chi connectivity index (χ0n) is 16.8. The molecule has 0 saturated carbocycles. The molecule has 0 aliphatic rings. The lowest BCUT2D eigenvalue weighted by molar-refractivity contribution is 0.103. The number of ether oxygens (including phenoxy) is 2. The number of nitrogens with one attached hydrogen (secondary N) is 2. The standard InChI is InChI=1S/C21H21BrN2O5S2/c1-3-28-18-13-17(24-31(26,27)15-9-7-14(22)8-10-15)19(29-4-2)12-16(18)23-21(25)20-6-5-11-30-20/h5-13,24H,3-4H2,1-2H3,(H,23,25). The molecule has 164 valence electrons. The molecule has 0 aliphatic heterocycles. The molecule has 31 heavy (non-hydrogen) atoms. The maximum absolute atomic E-state index is 12.9. The minimum Gasteiger partial charge on any atom is -0.492 e. The van der Waals surface area contributed by atoms with Crippen LogP contribution in [0.15, 0.2) is 63.3 Å². The molecular formula is C21H21BrN2O5S2. The van der Waals surface area contributed by atoms with Gasteiger partial charge in [-0.15, -0.1) is 11.3 Å². The monoisotopic (exact) mass is 524 g/mol. The number of rotatable bonds is 9. The molecule has 0 spiro atoms. The highest BCUT2D eigenvalue weighted by Gasteiger charge is 2.20. The molecule has 0 aliphatic carbocycles. The minimum absolute atomic E-state index is 0.103. The lowest BCUT2D eigenvalue weighted by atomic mass is 10.2. The predicted octanol–water partition coefficient (Wildman–Crippen LogP) is 5.36. The lowest BCUT2D eigenvalue weighted by Gasteiger charge is -2.18. The van der Waals surface area contributed by atoms with E-state index < -0.39 is 10.0 Å². The van der Waals surface area contributed by atoms with Gasteiger partial charge in [0, 0.05) is 16.6 Å². The summed E-state index contributed by atoms with van der Waals surface area (Å²) in [6.07, 6.45) is 0. The Bertz CT molecular complexity index is 1150. The van der Waals surface area contributed by atoms with E-state index >= 15 is 0 Å². The van der Waals surface area contributed by atoms with Gasteiger partial charge in [-0.25, -0.2) is 8.42 Å². The Labute approximate surface area is 193 Å². The van der Waals surface area contributed by atoms with Gasteiger partial charge in [-0.2, -0.15) is 0 Å². The van der Waals surface area contributed by atoms with Crippen molar-refractivity contribution in [3.63, 3.8) is 0 Å². The van der Waals surface area contributed by atoms with Crippen molar-refractivity contribution >= 4 is 54.6 Å². The third-order valence-corrected chi connectivity index (χ3v) is 6.82. The lowest BCUT2D eigenvalue weighted by Crippen LogP contribution is -2.15. The summed E-state index contributed by atoms with van der Waals surface area (Å²) in [5.74, 6) is 0.305. The van der Waals surface area contributed by atoms with E-state index in [-0.39, 0.29) is 22.2 Å². The maximum Gasteiger partial charge on any atom is 0.265 e. The number of hydrogen-bond donors (Lipinski definition) is 2. The molecule has 1 aromatic heterocycles. The number of carbonyl (C=O) groups excluding carboxylic acids is 1. The van der Waals surface area contributed by atoms with Crippen molar-refractivity contribution in [2.75, 3.05) is 23.3 Å². The summed E-state index contributed by atoms with van der Waals surface area (Å²) in [5, 5.41) is 4.62. The maximum atomic E-state index is 12.9. The Morgan fingerprint density at radius 3 is 2.19 bits per heavy atom. The van der Waals surface area contributed by atoms with Crippen LogP contribution in [0.4, 0.5) is 11.4 Å². The van der Waals surface area contributed by atoms with E-state index in [0.717, 1.165) is 4.47 Å². The van der Waals surface area contributed by atoms with E-state index in [9.17, 15) is 13.2 Å². The number of thiophene rings is 1. The topological polar surface area (TPSA) is 93.7 Å². The highest BCUT2D eigenvalue weighted by Crippen LogP contribution is 2.38. The van der Waals surface area contributed by atoms with Gasteiger partial charge in [0.1, 0.15) is 11.5 Å². The van der Waals surface area contributed by atoms with E-state index in [1.165, 1.54) is 29.5 Å². The van der Waals surface area contributed by atoms with Crippen LogP contribution in [0.25, 0.3) is 0 Å². The van der Waals surface area contributed by atoms with E-state index in [1.807, 2.05) is 5.38 Å². The van der Waals surface area contributed by atoms with Crippen LogP contribution in [0, 0.1) is 0 Å². The van der Waals surface area contributed by atoms with E-state index in [2.05, 4.69) is 26.0 Å². The van der Waals surface area contributed by atoms with Gasteiger partial charge in [0.15, 0.2) is 0 Å². The molecule has 3 aromatic rings.